The maximum absolute atomic E-state index is 13.2. The third-order valence-corrected chi connectivity index (χ3v) is 8.22. The number of amides is 3. The van der Waals surface area contributed by atoms with E-state index in [-0.39, 0.29) is 16.9 Å². The Morgan fingerprint density at radius 2 is 1.76 bits per heavy atom. The average Bonchev–Trinajstić information content (AvgIpc) is 3.41. The molecule has 0 saturated heterocycles. The summed E-state index contributed by atoms with van der Waals surface area (Å²) in [7, 11) is 0. The summed E-state index contributed by atoms with van der Waals surface area (Å²) in [6.45, 7) is 3.82. The molecule has 0 bridgehead atoms. The van der Waals surface area contributed by atoms with Crippen LogP contribution in [0, 0.1) is 0 Å². The van der Waals surface area contributed by atoms with Crippen molar-refractivity contribution >= 4 is 81.3 Å². The van der Waals surface area contributed by atoms with Crippen molar-refractivity contribution < 1.29 is 14.4 Å². The molecule has 3 amide bonds. The molecule has 1 heterocycles. The predicted octanol–water partition coefficient (Wildman–Crippen LogP) is 6.83. The number of hydrogen-bond donors (Lipinski definition) is 3. The zero-order chi connectivity index (χ0) is 29.2. The topological polar surface area (TPSA) is 113 Å². The molecule has 1 atom stereocenters. The Morgan fingerprint density at radius 1 is 1.00 bits per heavy atom. The van der Waals surface area contributed by atoms with Gasteiger partial charge < -0.3 is 10.6 Å². The highest BCUT2D eigenvalue weighted by molar-refractivity contribution is 8.00. The van der Waals surface area contributed by atoms with Crippen molar-refractivity contribution in [3.05, 3.63) is 101 Å². The molecule has 4 rings (SSSR count). The molecule has 4 aromatic rings. The first-order valence-corrected chi connectivity index (χ1v) is 15.5. The molecule has 0 fully saturated rings. The van der Waals surface area contributed by atoms with Crippen LogP contribution < -0.4 is 16.0 Å². The van der Waals surface area contributed by atoms with Crippen LogP contribution in [0.5, 0.6) is 0 Å². The summed E-state index contributed by atoms with van der Waals surface area (Å²) in [6.07, 6.45) is 1.56. The van der Waals surface area contributed by atoms with Crippen molar-refractivity contribution in [1.82, 2.24) is 14.7 Å². The van der Waals surface area contributed by atoms with Gasteiger partial charge in [0, 0.05) is 32.7 Å². The molecule has 12 heteroatoms. The van der Waals surface area contributed by atoms with Gasteiger partial charge in [-0.15, -0.1) is 11.8 Å². The molecular weight excluding hydrogens is 598 g/mol. The van der Waals surface area contributed by atoms with Crippen molar-refractivity contribution in [3.8, 4) is 0 Å². The summed E-state index contributed by atoms with van der Waals surface area (Å²) in [5, 5.41) is 9.58. The van der Waals surface area contributed by atoms with Crippen LogP contribution in [0.2, 0.25) is 5.02 Å². The maximum atomic E-state index is 13.2. The number of halogens is 1. The minimum Gasteiger partial charge on any atom is -0.321 e. The fourth-order valence-electron chi connectivity index (χ4n) is 3.43. The van der Waals surface area contributed by atoms with E-state index in [1.165, 1.54) is 23.5 Å². The largest absolute Gasteiger partial charge is 0.321 e. The highest BCUT2D eigenvalue weighted by Crippen LogP contribution is 2.27. The van der Waals surface area contributed by atoms with Gasteiger partial charge in [0.05, 0.1) is 5.25 Å². The number of carbonyl (C=O) groups excluding carboxylic acids is 3. The van der Waals surface area contributed by atoms with Crippen LogP contribution in [0.4, 0.5) is 10.8 Å². The first-order chi connectivity index (χ1) is 19.8. The van der Waals surface area contributed by atoms with Crippen molar-refractivity contribution in [2.24, 2.45) is 0 Å². The van der Waals surface area contributed by atoms with E-state index in [2.05, 4.69) is 25.3 Å². The average molecular weight is 624 g/mol. The second kappa shape index (κ2) is 14.8. The van der Waals surface area contributed by atoms with Gasteiger partial charge in [-0.05, 0) is 72.8 Å². The van der Waals surface area contributed by atoms with Gasteiger partial charge in [0.25, 0.3) is 11.8 Å². The van der Waals surface area contributed by atoms with Gasteiger partial charge in [0.1, 0.15) is 5.70 Å². The summed E-state index contributed by atoms with van der Waals surface area (Å²) in [6, 6.07) is 22.7. The van der Waals surface area contributed by atoms with E-state index in [4.69, 9.17) is 11.6 Å². The molecule has 0 aliphatic rings. The number of nitrogens with zero attached hydrogens (tertiary/aromatic N) is 2. The van der Waals surface area contributed by atoms with Gasteiger partial charge >= 0.3 is 0 Å². The Labute approximate surface area is 255 Å². The molecule has 210 valence electrons. The van der Waals surface area contributed by atoms with Gasteiger partial charge in [-0.25, -0.2) is 0 Å². The van der Waals surface area contributed by atoms with Gasteiger partial charge in [-0.3, -0.25) is 19.7 Å². The summed E-state index contributed by atoms with van der Waals surface area (Å²) in [4.78, 5) is 43.8. The SMILES string of the molecule is CCSc1nsc(NC(=O)C(C)Sc2ccc(NC(=O)/C(=C/c3cccc(Cl)c3)NC(=O)c3ccccc3)cc2)n1. The lowest BCUT2D eigenvalue weighted by Gasteiger charge is -2.13. The fourth-order valence-corrected chi connectivity index (χ4v) is 5.77. The number of rotatable bonds is 11. The van der Waals surface area contributed by atoms with Crippen molar-refractivity contribution in [2.75, 3.05) is 16.4 Å². The second-order valence-electron chi connectivity index (χ2n) is 8.48. The van der Waals surface area contributed by atoms with E-state index in [9.17, 15) is 14.4 Å². The van der Waals surface area contributed by atoms with Crippen molar-refractivity contribution in [3.63, 3.8) is 0 Å². The monoisotopic (exact) mass is 623 g/mol. The van der Waals surface area contributed by atoms with E-state index in [1.807, 2.05) is 25.1 Å². The second-order valence-corrected chi connectivity index (χ2v) is 12.3. The standard InChI is InChI=1S/C29H26ClN5O3S3/c1-3-39-29-34-28(41-35-29)33-25(36)18(2)40-23-14-12-22(13-15-23)31-27(38)24(17-19-8-7-11-21(30)16-19)32-26(37)20-9-5-4-6-10-20/h4-18H,3H2,1-2H3,(H,31,38)(H,32,37)(H,33,34,35,36)/b24-17-. The number of hydrogen-bond acceptors (Lipinski definition) is 8. The molecule has 3 aromatic carbocycles. The van der Waals surface area contributed by atoms with Gasteiger partial charge in [0.15, 0.2) is 0 Å². The first-order valence-electron chi connectivity index (χ1n) is 12.5. The van der Waals surface area contributed by atoms with Gasteiger partial charge in [0.2, 0.25) is 16.2 Å². The molecule has 0 spiro atoms. The lowest BCUT2D eigenvalue weighted by atomic mass is 10.1. The lowest BCUT2D eigenvalue weighted by Crippen LogP contribution is -2.30. The Kier molecular flexibility index (Phi) is 11.0. The van der Waals surface area contributed by atoms with Gasteiger partial charge in [-0.1, -0.05) is 60.6 Å². The molecule has 3 N–H and O–H groups in total. The van der Waals surface area contributed by atoms with Crippen LogP contribution in [-0.2, 0) is 9.59 Å². The molecule has 0 aliphatic carbocycles. The lowest BCUT2D eigenvalue weighted by molar-refractivity contribution is -0.115. The van der Waals surface area contributed by atoms with E-state index in [1.54, 1.807) is 73.7 Å². The normalized spacial score (nSPS) is 11.9. The number of benzene rings is 3. The van der Waals surface area contributed by atoms with E-state index in [0.717, 1.165) is 22.2 Å². The Balaban J connectivity index is 1.41. The van der Waals surface area contributed by atoms with E-state index in [0.29, 0.717) is 32.1 Å². The summed E-state index contributed by atoms with van der Waals surface area (Å²) < 4.78 is 4.21. The molecule has 1 unspecified atom stereocenters. The predicted molar refractivity (Wildman–Crippen MR) is 169 cm³/mol. The third kappa shape index (κ3) is 9.19. The maximum Gasteiger partial charge on any atom is 0.272 e. The van der Waals surface area contributed by atoms with Crippen molar-refractivity contribution in [1.29, 1.82) is 0 Å². The molecule has 8 nitrogen and oxygen atoms in total. The minimum atomic E-state index is -0.500. The van der Waals surface area contributed by atoms with Crippen molar-refractivity contribution in [2.45, 2.75) is 29.1 Å². The zero-order valence-electron chi connectivity index (χ0n) is 22.1. The van der Waals surface area contributed by atoms with Gasteiger partial charge in [-0.2, -0.15) is 9.36 Å². The van der Waals surface area contributed by atoms with Crippen LogP contribution in [0.25, 0.3) is 6.08 Å². The number of carbonyl (C=O) groups is 3. The first kappa shape index (κ1) is 30.3. The summed E-state index contributed by atoms with van der Waals surface area (Å²) >= 11 is 10.2. The minimum absolute atomic E-state index is 0.0574. The summed E-state index contributed by atoms with van der Waals surface area (Å²) in [5.41, 5.74) is 1.66. The fraction of sp³-hybridized carbons (Fsp3) is 0.138. The van der Waals surface area contributed by atoms with E-state index < -0.39 is 11.8 Å². The van der Waals surface area contributed by atoms with Crippen LogP contribution in [0.15, 0.2) is 94.6 Å². The highest BCUT2D eigenvalue weighted by atomic mass is 35.5. The zero-order valence-corrected chi connectivity index (χ0v) is 25.3. The summed E-state index contributed by atoms with van der Waals surface area (Å²) in [5.74, 6) is -0.238. The Bertz CT molecular complexity index is 1540. The number of nitrogens with one attached hydrogen (secondary N) is 3. The third-order valence-electron chi connectivity index (χ3n) is 5.39. The Morgan fingerprint density at radius 3 is 2.46 bits per heavy atom. The quantitative estimate of drug-likeness (QED) is 0.124. The smallest absolute Gasteiger partial charge is 0.272 e. The molecule has 0 aliphatic heterocycles. The van der Waals surface area contributed by atoms with Crippen LogP contribution in [-0.4, -0.2) is 38.1 Å². The van der Waals surface area contributed by atoms with Crippen LogP contribution in [0.3, 0.4) is 0 Å². The van der Waals surface area contributed by atoms with E-state index >= 15 is 0 Å². The molecule has 41 heavy (non-hydrogen) atoms. The molecule has 0 radical (unpaired) electrons. The molecule has 1 aromatic heterocycles. The van der Waals surface area contributed by atoms with Crippen LogP contribution in [0.1, 0.15) is 29.8 Å². The number of anilines is 2. The Hall–Kier alpha value is -3.64. The molecule has 0 saturated carbocycles. The number of aromatic nitrogens is 2. The highest BCUT2D eigenvalue weighted by Gasteiger charge is 2.18. The number of thioether (sulfide) groups is 2. The van der Waals surface area contributed by atoms with Crippen LogP contribution >= 0.6 is 46.7 Å². The molecular formula is C29H26ClN5O3S3.